The third-order valence-corrected chi connectivity index (χ3v) is 3.60. The van der Waals surface area contributed by atoms with E-state index in [-0.39, 0.29) is 10.8 Å². The van der Waals surface area contributed by atoms with Gasteiger partial charge < -0.3 is 5.11 Å². The fraction of sp³-hybridized carbons (Fsp3) is 0.0909. The van der Waals surface area contributed by atoms with Gasteiger partial charge in [-0.2, -0.15) is 0 Å². The van der Waals surface area contributed by atoms with Crippen molar-refractivity contribution in [2.24, 2.45) is 0 Å². The van der Waals surface area contributed by atoms with Gasteiger partial charge in [-0.3, -0.25) is 0 Å². The zero-order chi connectivity index (χ0) is 11.9. The van der Waals surface area contributed by atoms with Gasteiger partial charge in [-0.1, -0.05) is 23.7 Å². The molecule has 0 radical (unpaired) electrons. The average Bonchev–Trinajstić information content (AvgIpc) is 2.22. The number of carbonyl (C=O) groups is 1. The van der Waals surface area contributed by atoms with Gasteiger partial charge in [0, 0.05) is 9.86 Å². The SMILES string of the molecule is Cc1ccc2cc(C(=O)O)nc(Cl)c2c1Br. The van der Waals surface area contributed by atoms with Crippen molar-refractivity contribution in [1.82, 2.24) is 4.98 Å². The van der Waals surface area contributed by atoms with Crippen LogP contribution < -0.4 is 0 Å². The molecule has 1 N–H and O–H groups in total. The Kier molecular flexibility index (Phi) is 2.86. The minimum Gasteiger partial charge on any atom is -0.477 e. The summed E-state index contributed by atoms with van der Waals surface area (Å²) in [5.74, 6) is -1.08. The Morgan fingerprint density at radius 2 is 2.19 bits per heavy atom. The lowest BCUT2D eigenvalue weighted by Gasteiger charge is -2.06. The van der Waals surface area contributed by atoms with E-state index in [0.717, 1.165) is 20.8 Å². The van der Waals surface area contributed by atoms with E-state index in [1.807, 2.05) is 19.1 Å². The predicted octanol–water partition coefficient (Wildman–Crippen LogP) is 3.66. The smallest absolute Gasteiger partial charge is 0.354 e. The molecular weight excluding hydrogens is 293 g/mol. The highest BCUT2D eigenvalue weighted by molar-refractivity contribution is 9.10. The molecule has 0 bridgehead atoms. The van der Waals surface area contributed by atoms with E-state index in [9.17, 15) is 4.79 Å². The number of rotatable bonds is 1. The second-order valence-electron chi connectivity index (χ2n) is 3.40. The summed E-state index contributed by atoms with van der Waals surface area (Å²) < 4.78 is 0.847. The van der Waals surface area contributed by atoms with Crippen molar-refractivity contribution in [1.29, 1.82) is 0 Å². The number of aromatic carboxylic acids is 1. The zero-order valence-electron chi connectivity index (χ0n) is 8.29. The predicted molar refractivity (Wildman–Crippen MR) is 66.1 cm³/mol. The lowest BCUT2D eigenvalue weighted by Crippen LogP contribution is -2.00. The monoisotopic (exact) mass is 299 g/mol. The Labute approximate surface area is 105 Å². The summed E-state index contributed by atoms with van der Waals surface area (Å²) in [6.07, 6.45) is 0. The molecule has 1 aromatic carbocycles. The Hall–Kier alpha value is -1.13. The van der Waals surface area contributed by atoms with E-state index in [1.54, 1.807) is 0 Å². The average molecular weight is 301 g/mol. The van der Waals surface area contributed by atoms with E-state index in [0.29, 0.717) is 0 Å². The van der Waals surface area contributed by atoms with Crippen LogP contribution in [0.5, 0.6) is 0 Å². The first-order valence-corrected chi connectivity index (χ1v) is 5.66. The van der Waals surface area contributed by atoms with Crippen molar-refractivity contribution in [3.63, 3.8) is 0 Å². The molecule has 0 saturated carbocycles. The van der Waals surface area contributed by atoms with Gasteiger partial charge in [0.2, 0.25) is 0 Å². The number of nitrogens with zero attached hydrogens (tertiary/aromatic N) is 1. The molecule has 0 aliphatic carbocycles. The molecule has 2 rings (SSSR count). The van der Waals surface area contributed by atoms with E-state index >= 15 is 0 Å². The number of carboxylic acids is 1. The van der Waals surface area contributed by atoms with Gasteiger partial charge in [0.05, 0.1) is 0 Å². The molecule has 1 heterocycles. The molecule has 0 spiro atoms. The standard InChI is InChI=1S/C11H7BrClNO2/c1-5-2-3-6-4-7(11(15)16)14-10(13)8(6)9(5)12/h2-4H,1H3,(H,15,16). The van der Waals surface area contributed by atoms with E-state index < -0.39 is 5.97 Å². The molecule has 82 valence electrons. The second kappa shape index (κ2) is 4.03. The van der Waals surface area contributed by atoms with Crippen LogP contribution in [-0.2, 0) is 0 Å². The summed E-state index contributed by atoms with van der Waals surface area (Å²) in [5.41, 5.74) is 0.979. The van der Waals surface area contributed by atoms with E-state index in [4.69, 9.17) is 16.7 Å². The lowest BCUT2D eigenvalue weighted by molar-refractivity contribution is 0.0690. The Bertz CT molecular complexity index is 598. The maximum Gasteiger partial charge on any atom is 0.354 e. The van der Waals surface area contributed by atoms with Crippen molar-refractivity contribution < 1.29 is 9.90 Å². The molecule has 16 heavy (non-hydrogen) atoms. The number of pyridine rings is 1. The maximum atomic E-state index is 10.8. The van der Waals surface area contributed by atoms with Crippen LogP contribution in [-0.4, -0.2) is 16.1 Å². The molecular formula is C11H7BrClNO2. The highest BCUT2D eigenvalue weighted by Gasteiger charge is 2.12. The Balaban J connectivity index is 2.86. The number of aromatic nitrogens is 1. The number of hydrogen-bond acceptors (Lipinski definition) is 2. The number of halogens is 2. The van der Waals surface area contributed by atoms with Crippen LogP contribution in [0.25, 0.3) is 10.8 Å². The summed E-state index contributed by atoms with van der Waals surface area (Å²) in [6, 6.07) is 5.23. The van der Waals surface area contributed by atoms with E-state index in [1.165, 1.54) is 6.07 Å². The molecule has 0 saturated heterocycles. The van der Waals surface area contributed by atoms with Crippen molar-refractivity contribution in [3.05, 3.63) is 39.1 Å². The Morgan fingerprint density at radius 1 is 1.50 bits per heavy atom. The number of fused-ring (bicyclic) bond motifs is 1. The van der Waals surface area contributed by atoms with Gasteiger partial charge in [0.15, 0.2) is 5.69 Å². The largest absolute Gasteiger partial charge is 0.477 e. The van der Waals surface area contributed by atoms with Crippen molar-refractivity contribution in [3.8, 4) is 0 Å². The molecule has 0 amide bonds. The van der Waals surface area contributed by atoms with Crippen molar-refractivity contribution >= 4 is 44.3 Å². The van der Waals surface area contributed by atoms with Crippen LogP contribution in [0.1, 0.15) is 16.1 Å². The van der Waals surface area contributed by atoms with Gasteiger partial charge in [0.1, 0.15) is 5.15 Å². The molecule has 3 nitrogen and oxygen atoms in total. The van der Waals surface area contributed by atoms with Crippen LogP contribution >= 0.6 is 27.5 Å². The van der Waals surface area contributed by atoms with Crippen LogP contribution in [0.2, 0.25) is 5.15 Å². The molecule has 0 aliphatic rings. The summed E-state index contributed by atoms with van der Waals surface area (Å²) >= 11 is 9.40. The Morgan fingerprint density at radius 3 is 2.81 bits per heavy atom. The third kappa shape index (κ3) is 1.79. The molecule has 2 aromatic rings. The van der Waals surface area contributed by atoms with Crippen LogP contribution in [0.3, 0.4) is 0 Å². The van der Waals surface area contributed by atoms with E-state index in [2.05, 4.69) is 20.9 Å². The number of aryl methyl sites for hydroxylation is 1. The third-order valence-electron chi connectivity index (χ3n) is 2.30. The number of benzene rings is 1. The van der Waals surface area contributed by atoms with Gasteiger partial charge in [-0.05, 0) is 39.9 Å². The second-order valence-corrected chi connectivity index (χ2v) is 4.55. The van der Waals surface area contributed by atoms with Crippen molar-refractivity contribution in [2.75, 3.05) is 0 Å². The minimum atomic E-state index is -1.08. The van der Waals surface area contributed by atoms with Gasteiger partial charge in [0.25, 0.3) is 0 Å². The molecule has 0 aliphatic heterocycles. The minimum absolute atomic E-state index is 0.0479. The first-order chi connectivity index (χ1) is 7.50. The lowest BCUT2D eigenvalue weighted by atomic mass is 10.1. The summed E-state index contributed by atoms with van der Waals surface area (Å²) in [4.78, 5) is 14.7. The van der Waals surface area contributed by atoms with Gasteiger partial charge in [-0.15, -0.1) is 0 Å². The maximum absolute atomic E-state index is 10.8. The first kappa shape index (κ1) is 11.4. The highest BCUT2D eigenvalue weighted by atomic mass is 79.9. The topological polar surface area (TPSA) is 50.2 Å². The van der Waals surface area contributed by atoms with Gasteiger partial charge >= 0.3 is 5.97 Å². The molecule has 0 fully saturated rings. The van der Waals surface area contributed by atoms with Crippen LogP contribution in [0, 0.1) is 6.92 Å². The fourth-order valence-corrected chi connectivity index (χ4v) is 2.43. The number of carboxylic acid groups (broad SMARTS) is 1. The zero-order valence-corrected chi connectivity index (χ0v) is 10.6. The molecule has 5 heteroatoms. The number of hydrogen-bond donors (Lipinski definition) is 1. The van der Waals surface area contributed by atoms with Crippen LogP contribution in [0.4, 0.5) is 0 Å². The highest BCUT2D eigenvalue weighted by Crippen LogP contribution is 2.32. The van der Waals surface area contributed by atoms with Crippen LogP contribution in [0.15, 0.2) is 22.7 Å². The molecule has 0 unspecified atom stereocenters. The molecule has 0 atom stereocenters. The summed E-state index contributed by atoms with van der Waals surface area (Å²) in [5, 5.41) is 10.6. The fourth-order valence-electron chi connectivity index (χ4n) is 1.48. The normalized spacial score (nSPS) is 10.7. The summed E-state index contributed by atoms with van der Waals surface area (Å²) in [7, 11) is 0. The first-order valence-electron chi connectivity index (χ1n) is 4.49. The molecule has 1 aromatic heterocycles. The van der Waals surface area contributed by atoms with Crippen molar-refractivity contribution in [2.45, 2.75) is 6.92 Å². The van der Waals surface area contributed by atoms with Gasteiger partial charge in [-0.25, -0.2) is 9.78 Å². The summed E-state index contributed by atoms with van der Waals surface area (Å²) in [6.45, 7) is 1.94. The quantitative estimate of drug-likeness (QED) is 0.818.